The SMILES string of the molecule is C#CCCC(C)(C1=CC=CC1)C1=CC=CC1. The van der Waals surface area contributed by atoms with Crippen LogP contribution in [0.2, 0.25) is 0 Å². The van der Waals surface area contributed by atoms with E-state index in [1.807, 2.05) is 0 Å². The number of hydrogen-bond acceptors (Lipinski definition) is 0. The van der Waals surface area contributed by atoms with E-state index >= 15 is 0 Å². The number of hydrogen-bond donors (Lipinski definition) is 0. The van der Waals surface area contributed by atoms with Gasteiger partial charge < -0.3 is 0 Å². The largest absolute Gasteiger partial charge is 0.120 e. The Morgan fingerprint density at radius 1 is 1.19 bits per heavy atom. The Kier molecular flexibility index (Phi) is 3.15. The zero-order valence-corrected chi connectivity index (χ0v) is 9.87. The van der Waals surface area contributed by atoms with E-state index in [4.69, 9.17) is 6.42 Å². The Morgan fingerprint density at radius 3 is 2.12 bits per heavy atom. The lowest BCUT2D eigenvalue weighted by atomic mass is 9.71. The molecule has 2 aliphatic rings. The summed E-state index contributed by atoms with van der Waals surface area (Å²) in [5, 5.41) is 0. The van der Waals surface area contributed by atoms with E-state index in [1.54, 1.807) is 0 Å². The highest BCUT2D eigenvalue weighted by Crippen LogP contribution is 2.45. The summed E-state index contributed by atoms with van der Waals surface area (Å²) < 4.78 is 0. The molecule has 0 aromatic heterocycles. The van der Waals surface area contributed by atoms with Crippen LogP contribution >= 0.6 is 0 Å². The van der Waals surface area contributed by atoms with Crippen molar-refractivity contribution in [1.29, 1.82) is 0 Å². The molecule has 0 atom stereocenters. The zero-order chi connectivity index (χ0) is 11.4. The molecule has 16 heavy (non-hydrogen) atoms. The van der Waals surface area contributed by atoms with Crippen LogP contribution in [0.5, 0.6) is 0 Å². The van der Waals surface area contributed by atoms with Crippen LogP contribution in [0.25, 0.3) is 0 Å². The Balaban J connectivity index is 2.22. The predicted octanol–water partition coefficient (Wildman–Crippen LogP) is 4.18. The van der Waals surface area contributed by atoms with Gasteiger partial charge in [0.05, 0.1) is 0 Å². The van der Waals surface area contributed by atoms with Gasteiger partial charge in [0.1, 0.15) is 0 Å². The normalized spacial score (nSPS) is 18.5. The van der Waals surface area contributed by atoms with Gasteiger partial charge in [-0.25, -0.2) is 0 Å². The Labute approximate surface area is 98.4 Å². The number of rotatable bonds is 4. The Morgan fingerprint density at radius 2 is 1.75 bits per heavy atom. The van der Waals surface area contributed by atoms with Gasteiger partial charge in [0, 0.05) is 11.8 Å². The van der Waals surface area contributed by atoms with Gasteiger partial charge in [0.2, 0.25) is 0 Å². The first-order chi connectivity index (χ1) is 7.77. The van der Waals surface area contributed by atoms with Gasteiger partial charge in [-0.1, -0.05) is 54.5 Å². The topological polar surface area (TPSA) is 0 Å². The summed E-state index contributed by atoms with van der Waals surface area (Å²) in [6, 6.07) is 0. The van der Waals surface area contributed by atoms with Crippen molar-refractivity contribution >= 4 is 0 Å². The molecule has 2 rings (SSSR count). The van der Waals surface area contributed by atoms with Gasteiger partial charge >= 0.3 is 0 Å². The minimum absolute atomic E-state index is 0.166. The highest BCUT2D eigenvalue weighted by molar-refractivity contribution is 5.40. The molecule has 0 aliphatic heterocycles. The average Bonchev–Trinajstić information content (AvgIpc) is 2.96. The first kappa shape index (κ1) is 11.0. The van der Waals surface area contributed by atoms with Crippen LogP contribution in [-0.4, -0.2) is 0 Å². The molecule has 0 heterocycles. The standard InChI is InChI=1S/C16H18/c1-3-4-13-16(2,14-9-5-6-10-14)15-11-7-8-12-15/h1,5-9,11H,4,10,12-13H2,2H3. The maximum Gasteiger partial charge on any atom is 0.0114 e. The quantitative estimate of drug-likeness (QED) is 0.611. The third-order valence-corrected chi connectivity index (χ3v) is 3.73. The summed E-state index contributed by atoms with van der Waals surface area (Å²) in [6.07, 6.45) is 22.8. The lowest BCUT2D eigenvalue weighted by Crippen LogP contribution is -2.21. The van der Waals surface area contributed by atoms with Crippen LogP contribution in [0, 0.1) is 17.8 Å². The second-order valence-electron chi connectivity index (χ2n) is 4.68. The summed E-state index contributed by atoms with van der Waals surface area (Å²) in [4.78, 5) is 0. The minimum Gasteiger partial charge on any atom is -0.120 e. The Bertz CT molecular complexity index is 391. The van der Waals surface area contributed by atoms with Crippen molar-refractivity contribution in [3.63, 3.8) is 0 Å². The van der Waals surface area contributed by atoms with Gasteiger partial charge in [-0.15, -0.1) is 12.3 Å². The van der Waals surface area contributed by atoms with Gasteiger partial charge in [-0.05, 0) is 19.3 Å². The van der Waals surface area contributed by atoms with Gasteiger partial charge in [-0.3, -0.25) is 0 Å². The number of allylic oxidation sites excluding steroid dienone is 8. The molecule has 0 aromatic carbocycles. The van der Waals surface area contributed by atoms with Crippen molar-refractivity contribution < 1.29 is 0 Å². The van der Waals surface area contributed by atoms with Crippen molar-refractivity contribution in [1.82, 2.24) is 0 Å². The number of terminal acetylenes is 1. The lowest BCUT2D eigenvalue weighted by molar-refractivity contribution is 0.434. The highest BCUT2D eigenvalue weighted by atomic mass is 14.4. The molecule has 0 aromatic rings. The van der Waals surface area contributed by atoms with Gasteiger partial charge in [-0.2, -0.15) is 0 Å². The van der Waals surface area contributed by atoms with Crippen molar-refractivity contribution in [2.75, 3.05) is 0 Å². The van der Waals surface area contributed by atoms with E-state index in [0.29, 0.717) is 0 Å². The minimum atomic E-state index is 0.166. The van der Waals surface area contributed by atoms with Crippen LogP contribution in [0.4, 0.5) is 0 Å². The average molecular weight is 210 g/mol. The van der Waals surface area contributed by atoms with Crippen LogP contribution < -0.4 is 0 Å². The molecular weight excluding hydrogens is 192 g/mol. The van der Waals surface area contributed by atoms with E-state index < -0.39 is 0 Å². The Hall–Kier alpha value is -1.48. The molecule has 2 aliphatic carbocycles. The van der Waals surface area contributed by atoms with E-state index in [2.05, 4.69) is 49.3 Å². The summed E-state index contributed by atoms with van der Waals surface area (Å²) >= 11 is 0. The van der Waals surface area contributed by atoms with Crippen molar-refractivity contribution in [2.45, 2.75) is 32.6 Å². The fourth-order valence-corrected chi connectivity index (χ4v) is 2.56. The van der Waals surface area contributed by atoms with Crippen LogP contribution in [0.15, 0.2) is 47.6 Å². The summed E-state index contributed by atoms with van der Waals surface area (Å²) in [5.74, 6) is 2.78. The molecule has 0 N–H and O–H groups in total. The summed E-state index contributed by atoms with van der Waals surface area (Å²) in [7, 11) is 0. The zero-order valence-electron chi connectivity index (χ0n) is 9.87. The van der Waals surface area contributed by atoms with E-state index in [-0.39, 0.29) is 5.41 Å². The van der Waals surface area contributed by atoms with Crippen LogP contribution in [-0.2, 0) is 0 Å². The second kappa shape index (κ2) is 4.58. The maximum absolute atomic E-state index is 5.41. The molecule has 0 fully saturated rings. The molecule has 0 amide bonds. The predicted molar refractivity (Wildman–Crippen MR) is 69.9 cm³/mol. The first-order valence-corrected chi connectivity index (χ1v) is 5.93. The summed E-state index contributed by atoms with van der Waals surface area (Å²) in [5.41, 5.74) is 3.19. The molecule has 0 unspecified atom stereocenters. The molecule has 0 saturated heterocycles. The molecule has 0 bridgehead atoms. The molecule has 0 heteroatoms. The van der Waals surface area contributed by atoms with E-state index in [9.17, 15) is 0 Å². The molecule has 82 valence electrons. The fourth-order valence-electron chi connectivity index (χ4n) is 2.56. The van der Waals surface area contributed by atoms with Crippen LogP contribution in [0.3, 0.4) is 0 Å². The fraction of sp³-hybridized carbons (Fsp3) is 0.375. The smallest absolute Gasteiger partial charge is 0.0114 e. The highest BCUT2D eigenvalue weighted by Gasteiger charge is 2.32. The first-order valence-electron chi connectivity index (χ1n) is 5.93. The van der Waals surface area contributed by atoms with Crippen molar-refractivity contribution in [3.8, 4) is 12.3 Å². The molecule has 0 radical (unpaired) electrons. The van der Waals surface area contributed by atoms with Gasteiger partial charge in [0.25, 0.3) is 0 Å². The molecule has 0 nitrogen and oxygen atoms in total. The molecular formula is C16H18. The monoisotopic (exact) mass is 210 g/mol. The molecule has 0 spiro atoms. The van der Waals surface area contributed by atoms with Crippen molar-refractivity contribution in [2.24, 2.45) is 5.41 Å². The summed E-state index contributed by atoms with van der Waals surface area (Å²) in [6.45, 7) is 2.34. The lowest BCUT2D eigenvalue weighted by Gasteiger charge is -2.33. The van der Waals surface area contributed by atoms with Crippen LogP contribution in [0.1, 0.15) is 32.6 Å². The second-order valence-corrected chi connectivity index (χ2v) is 4.68. The van der Waals surface area contributed by atoms with Gasteiger partial charge in [0.15, 0.2) is 0 Å². The van der Waals surface area contributed by atoms with E-state index in [1.165, 1.54) is 11.1 Å². The maximum atomic E-state index is 5.41. The van der Waals surface area contributed by atoms with Crippen molar-refractivity contribution in [3.05, 3.63) is 47.6 Å². The molecule has 0 saturated carbocycles. The third kappa shape index (κ3) is 1.91. The third-order valence-electron chi connectivity index (χ3n) is 3.73. The van der Waals surface area contributed by atoms with E-state index in [0.717, 1.165) is 25.7 Å².